The van der Waals surface area contributed by atoms with Gasteiger partial charge in [-0.3, -0.25) is 4.79 Å². The van der Waals surface area contributed by atoms with Gasteiger partial charge in [0.1, 0.15) is 5.78 Å². The molecule has 2 saturated carbocycles. The van der Waals surface area contributed by atoms with E-state index in [1.807, 2.05) is 18.2 Å². The summed E-state index contributed by atoms with van der Waals surface area (Å²) in [7, 11) is 0. The fraction of sp³-hybridized carbons (Fsp3) is 0.739. The van der Waals surface area contributed by atoms with Crippen molar-refractivity contribution in [3.05, 3.63) is 24.3 Å². The maximum absolute atomic E-state index is 12.3. The number of hydrogen-bond donors (Lipinski definition) is 3. The standard InChI is InChI=1S/C23H36O5/c1-2-14-23(15-7-16-23)21(26)13-11-17-10-12-19(24)18(17)8-5-3-4-6-9-20(25)22(27)28/h3,5,11,13,17-18,20-21,25-26H,2,4,6-10,12,14-16H2,1H3,(H,27,28)/t17-,18-,20?,21?/m1/s1. The summed E-state index contributed by atoms with van der Waals surface area (Å²) in [6.07, 6.45) is 15.5. The van der Waals surface area contributed by atoms with Gasteiger partial charge in [-0.1, -0.05) is 44.1 Å². The van der Waals surface area contributed by atoms with Crippen LogP contribution in [0.15, 0.2) is 24.3 Å². The van der Waals surface area contributed by atoms with E-state index >= 15 is 0 Å². The molecule has 2 fully saturated rings. The second kappa shape index (κ2) is 10.9. The fourth-order valence-corrected chi connectivity index (χ4v) is 4.66. The Morgan fingerprint density at radius 2 is 2.04 bits per heavy atom. The Bertz CT molecular complexity index is 576. The van der Waals surface area contributed by atoms with Crippen LogP contribution in [0.25, 0.3) is 0 Å². The minimum Gasteiger partial charge on any atom is -0.479 e. The molecule has 2 unspecified atom stereocenters. The van der Waals surface area contributed by atoms with Gasteiger partial charge in [-0.05, 0) is 62.7 Å². The zero-order valence-corrected chi connectivity index (χ0v) is 17.1. The number of carboxylic acids is 1. The van der Waals surface area contributed by atoms with Crippen molar-refractivity contribution < 1.29 is 24.9 Å². The van der Waals surface area contributed by atoms with Crippen molar-refractivity contribution in [2.75, 3.05) is 0 Å². The number of Topliss-reactive ketones (excluding diaryl/α,β-unsaturated/α-hetero) is 1. The number of hydrogen-bond acceptors (Lipinski definition) is 4. The molecule has 0 amide bonds. The summed E-state index contributed by atoms with van der Waals surface area (Å²) in [4.78, 5) is 22.8. The minimum absolute atomic E-state index is 0.0205. The number of ketones is 1. The quantitative estimate of drug-likeness (QED) is 0.344. The molecule has 0 spiro atoms. The fourth-order valence-electron chi connectivity index (χ4n) is 4.66. The van der Waals surface area contributed by atoms with E-state index in [2.05, 4.69) is 13.0 Å². The number of carbonyl (C=O) groups excluding carboxylic acids is 1. The molecule has 4 atom stereocenters. The van der Waals surface area contributed by atoms with Gasteiger partial charge in [0.25, 0.3) is 0 Å². The molecule has 158 valence electrons. The van der Waals surface area contributed by atoms with Gasteiger partial charge in [0, 0.05) is 12.3 Å². The highest BCUT2D eigenvalue weighted by atomic mass is 16.4. The lowest BCUT2D eigenvalue weighted by atomic mass is 9.62. The third-order valence-electron chi connectivity index (χ3n) is 6.61. The second-order valence-electron chi connectivity index (χ2n) is 8.56. The number of carbonyl (C=O) groups is 2. The maximum Gasteiger partial charge on any atom is 0.332 e. The van der Waals surface area contributed by atoms with E-state index in [0.29, 0.717) is 31.5 Å². The third kappa shape index (κ3) is 6.02. The van der Waals surface area contributed by atoms with Gasteiger partial charge < -0.3 is 15.3 Å². The summed E-state index contributed by atoms with van der Waals surface area (Å²) in [5.41, 5.74) is 0.0593. The van der Waals surface area contributed by atoms with Crippen LogP contribution in [-0.4, -0.2) is 39.3 Å². The van der Waals surface area contributed by atoms with E-state index in [1.165, 1.54) is 6.42 Å². The molecule has 0 saturated heterocycles. The topological polar surface area (TPSA) is 94.8 Å². The summed E-state index contributed by atoms with van der Waals surface area (Å²) in [5.74, 6) is -0.714. The first-order valence-corrected chi connectivity index (χ1v) is 10.8. The minimum atomic E-state index is -1.29. The number of rotatable bonds is 12. The molecule has 2 rings (SSSR count). The van der Waals surface area contributed by atoms with E-state index in [0.717, 1.165) is 32.1 Å². The van der Waals surface area contributed by atoms with Gasteiger partial charge in [0.15, 0.2) is 6.10 Å². The Kier molecular flexibility index (Phi) is 8.90. The number of aliphatic carboxylic acids is 1. The highest BCUT2D eigenvalue weighted by Crippen LogP contribution is 2.48. The Hall–Kier alpha value is -1.46. The summed E-state index contributed by atoms with van der Waals surface area (Å²) >= 11 is 0. The smallest absolute Gasteiger partial charge is 0.332 e. The first-order chi connectivity index (χ1) is 13.4. The normalized spacial score (nSPS) is 26.6. The van der Waals surface area contributed by atoms with Crippen LogP contribution in [0.4, 0.5) is 0 Å². The van der Waals surface area contributed by atoms with Crippen LogP contribution in [0.1, 0.15) is 77.6 Å². The Morgan fingerprint density at radius 1 is 1.29 bits per heavy atom. The summed E-state index contributed by atoms with van der Waals surface area (Å²) in [5, 5.41) is 28.6. The van der Waals surface area contributed by atoms with Gasteiger partial charge >= 0.3 is 5.97 Å². The average Bonchev–Trinajstić information content (AvgIpc) is 2.98. The van der Waals surface area contributed by atoms with E-state index < -0.39 is 18.2 Å². The number of unbranched alkanes of at least 4 members (excludes halogenated alkanes) is 1. The van der Waals surface area contributed by atoms with Crippen molar-refractivity contribution in [2.45, 2.75) is 89.8 Å². The Labute approximate surface area is 168 Å². The number of aliphatic hydroxyl groups excluding tert-OH is 2. The third-order valence-corrected chi connectivity index (χ3v) is 6.61. The van der Waals surface area contributed by atoms with E-state index in [9.17, 15) is 19.8 Å². The number of allylic oxidation sites excluding steroid dienone is 3. The predicted molar refractivity (Wildman–Crippen MR) is 109 cm³/mol. The monoisotopic (exact) mass is 392 g/mol. The van der Waals surface area contributed by atoms with Crippen LogP contribution in [0.2, 0.25) is 0 Å². The molecule has 28 heavy (non-hydrogen) atoms. The molecule has 0 bridgehead atoms. The lowest BCUT2D eigenvalue weighted by Gasteiger charge is -2.45. The van der Waals surface area contributed by atoms with Crippen LogP contribution in [0.5, 0.6) is 0 Å². The number of carboxylic acid groups (broad SMARTS) is 1. The average molecular weight is 393 g/mol. The summed E-state index contributed by atoms with van der Waals surface area (Å²) < 4.78 is 0. The highest BCUT2D eigenvalue weighted by molar-refractivity contribution is 5.83. The zero-order chi connectivity index (χ0) is 20.6. The van der Waals surface area contributed by atoms with Crippen molar-refractivity contribution in [2.24, 2.45) is 17.3 Å². The van der Waals surface area contributed by atoms with Crippen LogP contribution in [0.3, 0.4) is 0 Å². The zero-order valence-electron chi connectivity index (χ0n) is 17.1. The molecule has 0 aromatic heterocycles. The molecular weight excluding hydrogens is 356 g/mol. The van der Waals surface area contributed by atoms with Gasteiger partial charge in [-0.25, -0.2) is 4.79 Å². The molecule has 0 heterocycles. The molecule has 3 N–H and O–H groups in total. The van der Waals surface area contributed by atoms with Gasteiger partial charge in [0.05, 0.1) is 6.10 Å². The largest absolute Gasteiger partial charge is 0.479 e. The first-order valence-electron chi connectivity index (χ1n) is 10.8. The lowest BCUT2D eigenvalue weighted by Crippen LogP contribution is -2.40. The van der Waals surface area contributed by atoms with Crippen LogP contribution in [-0.2, 0) is 9.59 Å². The highest BCUT2D eigenvalue weighted by Gasteiger charge is 2.41. The summed E-state index contributed by atoms with van der Waals surface area (Å²) in [6, 6.07) is 0. The van der Waals surface area contributed by atoms with Gasteiger partial charge in [0.2, 0.25) is 0 Å². The van der Waals surface area contributed by atoms with Crippen molar-refractivity contribution in [1.82, 2.24) is 0 Å². The van der Waals surface area contributed by atoms with Gasteiger partial charge in [-0.15, -0.1) is 0 Å². The Morgan fingerprint density at radius 3 is 2.64 bits per heavy atom. The van der Waals surface area contributed by atoms with Crippen molar-refractivity contribution >= 4 is 11.8 Å². The van der Waals surface area contributed by atoms with Crippen molar-refractivity contribution in [1.29, 1.82) is 0 Å². The summed E-state index contributed by atoms with van der Waals surface area (Å²) in [6.45, 7) is 2.16. The first kappa shape index (κ1) is 22.8. The molecule has 0 aromatic rings. The maximum atomic E-state index is 12.3. The lowest BCUT2D eigenvalue weighted by molar-refractivity contribution is -0.146. The van der Waals surface area contributed by atoms with E-state index in [-0.39, 0.29) is 23.7 Å². The SMILES string of the molecule is CCCC1(C(O)C=C[C@H]2CCC(=O)[C@@H]2CC=CCCCC(O)C(=O)O)CCC1. The molecule has 0 aromatic carbocycles. The van der Waals surface area contributed by atoms with Crippen LogP contribution < -0.4 is 0 Å². The molecule has 2 aliphatic carbocycles. The second-order valence-corrected chi connectivity index (χ2v) is 8.56. The Balaban J connectivity index is 1.80. The van der Waals surface area contributed by atoms with E-state index in [4.69, 9.17) is 5.11 Å². The molecule has 5 nitrogen and oxygen atoms in total. The van der Waals surface area contributed by atoms with Gasteiger partial charge in [-0.2, -0.15) is 0 Å². The molecule has 0 aliphatic heterocycles. The van der Waals surface area contributed by atoms with E-state index in [1.54, 1.807) is 0 Å². The molecule has 2 aliphatic rings. The van der Waals surface area contributed by atoms with Crippen LogP contribution >= 0.6 is 0 Å². The molecule has 0 radical (unpaired) electrons. The molecule has 5 heteroatoms. The molecular formula is C23H36O5. The predicted octanol–water partition coefficient (Wildman–Crippen LogP) is 4.03. The van der Waals surface area contributed by atoms with Crippen molar-refractivity contribution in [3.63, 3.8) is 0 Å². The van der Waals surface area contributed by atoms with Crippen molar-refractivity contribution in [3.8, 4) is 0 Å². The van der Waals surface area contributed by atoms with Crippen LogP contribution in [0, 0.1) is 17.3 Å². The number of aliphatic hydroxyl groups is 2.